The Balaban J connectivity index is 1.73. The number of halogens is 1. The van der Waals surface area contributed by atoms with E-state index in [0.29, 0.717) is 18.7 Å². The zero-order valence-corrected chi connectivity index (χ0v) is 19.1. The van der Waals surface area contributed by atoms with Crippen molar-refractivity contribution >= 4 is 19.2 Å². The first-order valence-electron chi connectivity index (χ1n) is 10.7. The summed E-state index contributed by atoms with van der Waals surface area (Å²) in [5.41, 5.74) is 5.40. The van der Waals surface area contributed by atoms with Crippen LogP contribution in [0.1, 0.15) is 27.8 Å². The molecule has 0 aliphatic rings. The zero-order valence-electron chi connectivity index (χ0n) is 18.1. The van der Waals surface area contributed by atoms with Gasteiger partial charge in [-0.05, 0) is 64.8 Å². The van der Waals surface area contributed by atoms with E-state index in [1.807, 2.05) is 49.5 Å². The average Bonchev–Trinajstić information content (AvgIpc) is 2.80. The van der Waals surface area contributed by atoms with Gasteiger partial charge in [0, 0.05) is 18.3 Å². The Kier molecular flexibility index (Phi) is 7.32. The molecule has 162 valence electrons. The number of hydrogen-bond donors (Lipinski definition) is 2. The Morgan fingerprint density at radius 1 is 0.719 bits per heavy atom. The summed E-state index contributed by atoms with van der Waals surface area (Å²) in [7, 11) is 2.09. The maximum atomic E-state index is 13.8. The molecule has 4 heteroatoms. The highest BCUT2D eigenvalue weighted by atomic mass is 31.1. The van der Waals surface area contributed by atoms with E-state index in [1.54, 1.807) is 6.07 Å². The topological polar surface area (TPSA) is 32.3 Å². The number of phenols is 1. The maximum absolute atomic E-state index is 13.8. The number of benzene rings is 4. The molecule has 2 nitrogen and oxygen atoms in total. The van der Waals surface area contributed by atoms with Gasteiger partial charge >= 0.3 is 0 Å². The van der Waals surface area contributed by atoms with Crippen molar-refractivity contribution in [2.24, 2.45) is 0 Å². The molecule has 4 aromatic carbocycles. The van der Waals surface area contributed by atoms with Crippen molar-refractivity contribution in [1.82, 2.24) is 5.32 Å². The van der Waals surface area contributed by atoms with Gasteiger partial charge in [-0.1, -0.05) is 81.4 Å². The molecule has 1 atom stereocenters. The fourth-order valence-corrected chi connectivity index (χ4v) is 5.22. The highest BCUT2D eigenvalue weighted by Crippen LogP contribution is 2.28. The number of phenolic OH excluding ortho intramolecular Hbond substituents is 1. The van der Waals surface area contributed by atoms with Crippen molar-refractivity contribution in [1.29, 1.82) is 0 Å². The Hall–Kier alpha value is -3.00. The van der Waals surface area contributed by atoms with Crippen LogP contribution in [-0.2, 0) is 19.4 Å². The smallest absolute Gasteiger partial charge is 0.126 e. The van der Waals surface area contributed by atoms with E-state index in [4.69, 9.17) is 0 Å². The lowest BCUT2D eigenvalue weighted by atomic mass is 9.98. The number of nitrogens with one attached hydrogen (secondary N) is 1. The molecule has 0 heterocycles. The third kappa shape index (κ3) is 5.62. The molecule has 0 fully saturated rings. The fraction of sp³-hybridized carbons (Fsp3) is 0.143. The van der Waals surface area contributed by atoms with Gasteiger partial charge in [-0.25, -0.2) is 4.39 Å². The van der Waals surface area contributed by atoms with Crippen LogP contribution in [0.4, 0.5) is 4.39 Å². The highest BCUT2D eigenvalue weighted by Gasteiger charge is 2.14. The molecule has 2 N–H and O–H groups in total. The molecule has 4 aromatic rings. The van der Waals surface area contributed by atoms with Gasteiger partial charge in [-0.3, -0.25) is 0 Å². The molecular formula is C28H27FNOP. The van der Waals surface area contributed by atoms with Gasteiger partial charge in [0.1, 0.15) is 11.6 Å². The molecule has 0 amide bonds. The van der Waals surface area contributed by atoms with E-state index in [0.717, 1.165) is 33.7 Å². The first-order valence-corrected chi connectivity index (χ1v) is 11.7. The number of aromatic hydroxyl groups is 1. The molecular weight excluding hydrogens is 416 g/mol. The van der Waals surface area contributed by atoms with Gasteiger partial charge in [0.05, 0.1) is 0 Å². The standard InChI is InChI=1S/C28H27FNOP/c1-30-19-24-18-25(29)12-13-26(24)32-27-17-22(14-20-8-4-2-5-9-20)16-23(28(27)31)15-21-10-6-3-7-11-21/h2-13,16-18,30-32H,14-15,19H2,1H3. The minimum atomic E-state index is -0.240. The van der Waals surface area contributed by atoms with Gasteiger partial charge < -0.3 is 10.4 Å². The Bertz CT molecular complexity index is 1180. The van der Waals surface area contributed by atoms with Crippen LogP contribution in [-0.4, -0.2) is 12.2 Å². The Labute approximate surface area is 190 Å². The largest absolute Gasteiger partial charge is 0.507 e. The average molecular weight is 444 g/mol. The molecule has 0 aliphatic carbocycles. The molecule has 0 saturated carbocycles. The Morgan fingerprint density at radius 3 is 2.03 bits per heavy atom. The highest BCUT2D eigenvalue weighted by molar-refractivity contribution is 7.55. The molecule has 0 aromatic heterocycles. The summed E-state index contributed by atoms with van der Waals surface area (Å²) in [6.07, 6.45) is 1.47. The molecule has 1 unspecified atom stereocenters. The second-order valence-corrected chi connectivity index (χ2v) is 9.26. The molecule has 0 radical (unpaired) electrons. The van der Waals surface area contributed by atoms with E-state index in [1.165, 1.54) is 17.2 Å². The van der Waals surface area contributed by atoms with Crippen LogP contribution in [0.25, 0.3) is 0 Å². The van der Waals surface area contributed by atoms with Crippen LogP contribution in [0.3, 0.4) is 0 Å². The lowest BCUT2D eigenvalue weighted by Crippen LogP contribution is -2.16. The van der Waals surface area contributed by atoms with Crippen molar-refractivity contribution in [3.05, 3.63) is 125 Å². The normalized spacial score (nSPS) is 11.3. The molecule has 0 bridgehead atoms. The summed E-state index contributed by atoms with van der Waals surface area (Å²) in [6, 6.07) is 29.7. The summed E-state index contributed by atoms with van der Waals surface area (Å²) >= 11 is 0. The van der Waals surface area contributed by atoms with Crippen molar-refractivity contribution in [2.45, 2.75) is 19.4 Å². The minimum Gasteiger partial charge on any atom is -0.507 e. The first kappa shape index (κ1) is 22.2. The summed E-state index contributed by atoms with van der Waals surface area (Å²) in [5, 5.41) is 16.2. The summed E-state index contributed by atoms with van der Waals surface area (Å²) in [4.78, 5) is 0. The van der Waals surface area contributed by atoms with E-state index < -0.39 is 0 Å². The third-order valence-electron chi connectivity index (χ3n) is 5.44. The van der Waals surface area contributed by atoms with Crippen molar-refractivity contribution < 1.29 is 9.50 Å². The van der Waals surface area contributed by atoms with Crippen LogP contribution in [0, 0.1) is 5.82 Å². The minimum absolute atomic E-state index is 0.238. The SMILES string of the molecule is CNCc1cc(F)ccc1Pc1cc(Cc2ccccc2)cc(Cc2ccccc2)c1O. The summed E-state index contributed by atoms with van der Waals surface area (Å²) < 4.78 is 13.8. The first-order chi connectivity index (χ1) is 15.6. The van der Waals surface area contributed by atoms with E-state index >= 15 is 0 Å². The van der Waals surface area contributed by atoms with E-state index in [-0.39, 0.29) is 14.4 Å². The predicted molar refractivity (Wildman–Crippen MR) is 133 cm³/mol. The van der Waals surface area contributed by atoms with Crippen molar-refractivity contribution in [3.63, 3.8) is 0 Å². The molecule has 0 aliphatic heterocycles. The second-order valence-electron chi connectivity index (χ2n) is 7.93. The van der Waals surface area contributed by atoms with Crippen molar-refractivity contribution in [2.75, 3.05) is 7.05 Å². The lowest BCUT2D eigenvalue weighted by Gasteiger charge is -2.16. The third-order valence-corrected chi connectivity index (χ3v) is 6.85. The summed E-state index contributed by atoms with van der Waals surface area (Å²) in [5.74, 6) is 0.0966. The summed E-state index contributed by atoms with van der Waals surface area (Å²) in [6.45, 7) is 0.585. The van der Waals surface area contributed by atoms with Gasteiger partial charge in [0.2, 0.25) is 0 Å². The van der Waals surface area contributed by atoms with Crippen LogP contribution in [0.2, 0.25) is 0 Å². The number of rotatable bonds is 8. The maximum Gasteiger partial charge on any atom is 0.126 e. The van der Waals surface area contributed by atoms with Crippen LogP contribution in [0.5, 0.6) is 5.75 Å². The van der Waals surface area contributed by atoms with E-state index in [9.17, 15) is 9.50 Å². The second kappa shape index (κ2) is 10.5. The fourth-order valence-electron chi connectivity index (χ4n) is 3.91. The zero-order chi connectivity index (χ0) is 22.3. The van der Waals surface area contributed by atoms with Crippen LogP contribution in [0.15, 0.2) is 91.0 Å². The lowest BCUT2D eigenvalue weighted by molar-refractivity contribution is 0.474. The van der Waals surface area contributed by atoms with Gasteiger partial charge in [0.25, 0.3) is 0 Å². The van der Waals surface area contributed by atoms with Crippen molar-refractivity contribution in [3.8, 4) is 5.75 Å². The molecule has 32 heavy (non-hydrogen) atoms. The van der Waals surface area contributed by atoms with E-state index in [2.05, 4.69) is 41.7 Å². The predicted octanol–water partition coefficient (Wildman–Crippen LogP) is 5.06. The number of hydrogen-bond acceptors (Lipinski definition) is 2. The van der Waals surface area contributed by atoms with Crippen LogP contribution >= 0.6 is 8.58 Å². The Morgan fingerprint density at radius 2 is 1.38 bits per heavy atom. The molecule has 0 spiro atoms. The molecule has 0 saturated heterocycles. The monoisotopic (exact) mass is 443 g/mol. The van der Waals surface area contributed by atoms with Crippen LogP contribution < -0.4 is 15.9 Å². The molecule has 4 rings (SSSR count). The van der Waals surface area contributed by atoms with Gasteiger partial charge in [-0.2, -0.15) is 0 Å². The van der Waals surface area contributed by atoms with Gasteiger partial charge in [-0.15, -0.1) is 0 Å². The van der Waals surface area contributed by atoms with Gasteiger partial charge in [0.15, 0.2) is 0 Å². The quantitative estimate of drug-likeness (QED) is 0.373.